The van der Waals surface area contributed by atoms with Gasteiger partial charge in [-0.05, 0) is 36.2 Å². The van der Waals surface area contributed by atoms with Crippen molar-refractivity contribution in [2.45, 2.75) is 33.6 Å². The number of nitrogens with zero attached hydrogens (tertiary/aromatic N) is 3. The Labute approximate surface area is 137 Å². The zero-order valence-electron chi connectivity index (χ0n) is 13.8. The fraction of sp³-hybridized carbons (Fsp3) is 0.647. The lowest BCUT2D eigenvalue weighted by Gasteiger charge is -2.18. The van der Waals surface area contributed by atoms with Gasteiger partial charge in [0.25, 0.3) is 0 Å². The van der Waals surface area contributed by atoms with Gasteiger partial charge in [0.2, 0.25) is 0 Å². The molecule has 22 heavy (non-hydrogen) atoms. The summed E-state index contributed by atoms with van der Waals surface area (Å²) >= 11 is 1.70. The van der Waals surface area contributed by atoms with E-state index < -0.39 is 0 Å². The number of aromatic nitrogens is 2. The molecule has 2 aromatic rings. The topological polar surface area (TPSA) is 41.1 Å². The fourth-order valence-electron chi connectivity index (χ4n) is 3.20. The Morgan fingerprint density at radius 3 is 3.05 bits per heavy atom. The van der Waals surface area contributed by atoms with E-state index in [1.165, 1.54) is 31.4 Å². The number of hydrogen-bond donors (Lipinski definition) is 1. The van der Waals surface area contributed by atoms with Crippen molar-refractivity contribution in [3.8, 4) is 0 Å². The molecule has 5 heteroatoms. The predicted molar refractivity (Wildman–Crippen MR) is 94.7 cm³/mol. The standard InChI is InChI=1S/C17H26N4S/c1-4-15-19-16(14-6-8-22-17(14)20-15)18-9-13-5-7-21(11-13)10-12(2)3/h6,8,12-13H,4-5,7,9-11H2,1-3H3,(H,18,19,20). The van der Waals surface area contributed by atoms with E-state index in [1.807, 2.05) is 0 Å². The summed E-state index contributed by atoms with van der Waals surface area (Å²) < 4.78 is 0. The van der Waals surface area contributed by atoms with Gasteiger partial charge in [-0.15, -0.1) is 11.3 Å². The fourth-order valence-corrected chi connectivity index (χ4v) is 3.98. The highest BCUT2D eigenvalue weighted by molar-refractivity contribution is 7.16. The molecule has 0 spiro atoms. The number of rotatable bonds is 6. The second kappa shape index (κ2) is 6.92. The molecule has 0 aliphatic carbocycles. The van der Waals surface area contributed by atoms with Crippen LogP contribution in [0.4, 0.5) is 5.82 Å². The molecule has 0 saturated carbocycles. The lowest BCUT2D eigenvalue weighted by Crippen LogP contribution is -2.26. The molecule has 120 valence electrons. The monoisotopic (exact) mass is 318 g/mol. The maximum absolute atomic E-state index is 4.69. The Kier molecular flexibility index (Phi) is 4.93. The molecule has 0 radical (unpaired) electrons. The van der Waals surface area contributed by atoms with Crippen molar-refractivity contribution in [3.05, 3.63) is 17.3 Å². The number of likely N-dealkylation sites (tertiary alicyclic amines) is 1. The summed E-state index contributed by atoms with van der Waals surface area (Å²) in [7, 11) is 0. The molecule has 1 aliphatic heterocycles. The molecular formula is C17H26N4S. The van der Waals surface area contributed by atoms with Crippen LogP contribution >= 0.6 is 11.3 Å². The van der Waals surface area contributed by atoms with E-state index in [0.717, 1.165) is 41.3 Å². The number of fused-ring (bicyclic) bond motifs is 1. The van der Waals surface area contributed by atoms with Gasteiger partial charge in [0.15, 0.2) is 0 Å². The molecule has 0 aromatic carbocycles. The molecule has 1 unspecified atom stereocenters. The number of nitrogens with one attached hydrogen (secondary N) is 1. The van der Waals surface area contributed by atoms with E-state index in [-0.39, 0.29) is 0 Å². The first-order chi connectivity index (χ1) is 10.7. The lowest BCUT2D eigenvalue weighted by molar-refractivity contribution is 0.289. The summed E-state index contributed by atoms with van der Waals surface area (Å²) in [6.07, 6.45) is 2.17. The maximum Gasteiger partial charge on any atom is 0.138 e. The van der Waals surface area contributed by atoms with Gasteiger partial charge in [0.1, 0.15) is 16.5 Å². The van der Waals surface area contributed by atoms with E-state index >= 15 is 0 Å². The normalized spacial score (nSPS) is 19.4. The summed E-state index contributed by atoms with van der Waals surface area (Å²) in [5.74, 6) is 3.44. The van der Waals surface area contributed by atoms with Crippen molar-refractivity contribution >= 4 is 27.4 Å². The molecule has 0 bridgehead atoms. The van der Waals surface area contributed by atoms with Gasteiger partial charge in [-0.2, -0.15) is 0 Å². The van der Waals surface area contributed by atoms with Crippen molar-refractivity contribution in [1.82, 2.24) is 14.9 Å². The number of aryl methyl sites for hydroxylation is 1. The Morgan fingerprint density at radius 2 is 2.27 bits per heavy atom. The molecule has 3 heterocycles. The number of anilines is 1. The Balaban J connectivity index is 1.63. The van der Waals surface area contributed by atoms with Crippen molar-refractivity contribution in [1.29, 1.82) is 0 Å². The highest BCUT2D eigenvalue weighted by Crippen LogP contribution is 2.26. The van der Waals surface area contributed by atoms with E-state index in [4.69, 9.17) is 4.98 Å². The molecule has 1 aliphatic rings. The van der Waals surface area contributed by atoms with Crippen LogP contribution in [0.1, 0.15) is 33.0 Å². The summed E-state index contributed by atoms with van der Waals surface area (Å²) in [6.45, 7) is 11.4. The van der Waals surface area contributed by atoms with Crippen molar-refractivity contribution in [2.75, 3.05) is 31.5 Å². The third-order valence-electron chi connectivity index (χ3n) is 4.24. The van der Waals surface area contributed by atoms with Crippen LogP contribution in [0, 0.1) is 11.8 Å². The van der Waals surface area contributed by atoms with Gasteiger partial charge in [-0.3, -0.25) is 0 Å². The first-order valence-corrected chi connectivity index (χ1v) is 9.24. The average Bonchev–Trinajstić information content (AvgIpc) is 3.12. The summed E-state index contributed by atoms with van der Waals surface area (Å²) in [4.78, 5) is 13.0. The number of hydrogen-bond acceptors (Lipinski definition) is 5. The van der Waals surface area contributed by atoms with Crippen LogP contribution in [0.5, 0.6) is 0 Å². The molecule has 1 fully saturated rings. The molecule has 4 nitrogen and oxygen atoms in total. The van der Waals surface area contributed by atoms with Gasteiger partial charge in [0.05, 0.1) is 5.39 Å². The molecule has 1 N–H and O–H groups in total. The van der Waals surface area contributed by atoms with Crippen LogP contribution in [0.25, 0.3) is 10.2 Å². The van der Waals surface area contributed by atoms with Crippen LogP contribution in [-0.4, -0.2) is 41.0 Å². The van der Waals surface area contributed by atoms with Crippen LogP contribution < -0.4 is 5.32 Å². The molecule has 0 amide bonds. The van der Waals surface area contributed by atoms with Gasteiger partial charge in [0, 0.05) is 26.1 Å². The zero-order chi connectivity index (χ0) is 15.5. The van der Waals surface area contributed by atoms with Crippen LogP contribution in [0.2, 0.25) is 0 Å². The van der Waals surface area contributed by atoms with Crippen molar-refractivity contribution in [2.24, 2.45) is 11.8 Å². The first kappa shape index (κ1) is 15.7. The smallest absolute Gasteiger partial charge is 0.138 e. The van der Waals surface area contributed by atoms with E-state index in [2.05, 4.69) is 47.4 Å². The lowest BCUT2D eigenvalue weighted by atomic mass is 10.1. The highest BCUT2D eigenvalue weighted by atomic mass is 32.1. The Bertz CT molecular complexity index is 622. The maximum atomic E-state index is 4.69. The predicted octanol–water partition coefficient (Wildman–Crippen LogP) is 3.64. The minimum absolute atomic E-state index is 0.729. The Hall–Kier alpha value is -1.20. The average molecular weight is 318 g/mol. The molecule has 1 saturated heterocycles. The third-order valence-corrected chi connectivity index (χ3v) is 5.05. The van der Waals surface area contributed by atoms with Crippen molar-refractivity contribution in [3.63, 3.8) is 0 Å². The molecule has 1 atom stereocenters. The molecular weight excluding hydrogens is 292 g/mol. The SMILES string of the molecule is CCc1nc(NCC2CCN(CC(C)C)C2)c2ccsc2n1. The number of thiophene rings is 1. The van der Waals surface area contributed by atoms with Gasteiger partial charge < -0.3 is 10.2 Å². The largest absolute Gasteiger partial charge is 0.369 e. The quantitative estimate of drug-likeness (QED) is 0.883. The highest BCUT2D eigenvalue weighted by Gasteiger charge is 2.23. The molecule has 2 aromatic heterocycles. The van der Waals surface area contributed by atoms with Gasteiger partial charge in [-0.1, -0.05) is 20.8 Å². The van der Waals surface area contributed by atoms with Gasteiger partial charge >= 0.3 is 0 Å². The second-order valence-electron chi connectivity index (χ2n) is 6.67. The van der Waals surface area contributed by atoms with E-state index in [0.29, 0.717) is 0 Å². The summed E-state index contributed by atoms with van der Waals surface area (Å²) in [5.41, 5.74) is 0. The minimum Gasteiger partial charge on any atom is -0.369 e. The summed E-state index contributed by atoms with van der Waals surface area (Å²) in [5, 5.41) is 6.86. The molecule has 3 rings (SSSR count). The second-order valence-corrected chi connectivity index (χ2v) is 7.57. The van der Waals surface area contributed by atoms with E-state index in [9.17, 15) is 0 Å². The van der Waals surface area contributed by atoms with Crippen molar-refractivity contribution < 1.29 is 0 Å². The van der Waals surface area contributed by atoms with Crippen LogP contribution in [0.15, 0.2) is 11.4 Å². The zero-order valence-corrected chi connectivity index (χ0v) is 14.6. The minimum atomic E-state index is 0.729. The van der Waals surface area contributed by atoms with Gasteiger partial charge in [-0.25, -0.2) is 9.97 Å². The van der Waals surface area contributed by atoms with Crippen LogP contribution in [0.3, 0.4) is 0 Å². The Morgan fingerprint density at radius 1 is 1.41 bits per heavy atom. The van der Waals surface area contributed by atoms with E-state index in [1.54, 1.807) is 11.3 Å². The van der Waals surface area contributed by atoms with Crippen LogP contribution in [-0.2, 0) is 6.42 Å². The first-order valence-electron chi connectivity index (χ1n) is 8.36. The third kappa shape index (κ3) is 3.58. The summed E-state index contributed by atoms with van der Waals surface area (Å²) in [6, 6.07) is 2.13.